The normalized spacial score (nSPS) is 29.2. The minimum Gasteiger partial charge on any atom is -0.481 e. The van der Waals surface area contributed by atoms with E-state index in [1.165, 1.54) is 0 Å². The van der Waals surface area contributed by atoms with Gasteiger partial charge in [-0.15, -0.1) is 0 Å². The van der Waals surface area contributed by atoms with Crippen molar-refractivity contribution in [1.29, 1.82) is 0 Å². The fourth-order valence-electron chi connectivity index (χ4n) is 4.81. The molecule has 1 rings (SSSR count). The molecule has 25 heavy (non-hydrogen) atoms. The van der Waals surface area contributed by atoms with Gasteiger partial charge in [-0.2, -0.15) is 0 Å². The third kappa shape index (κ3) is 4.27. The minimum absolute atomic E-state index is 0.183. The maximum Gasteiger partial charge on any atom is 0.311 e. The van der Waals surface area contributed by atoms with Crippen molar-refractivity contribution in [3.8, 4) is 0 Å². The molecule has 0 aromatic rings. The van der Waals surface area contributed by atoms with Crippen molar-refractivity contribution in [2.75, 3.05) is 0 Å². The van der Waals surface area contributed by atoms with E-state index >= 15 is 0 Å². The van der Waals surface area contributed by atoms with Gasteiger partial charge >= 0.3 is 11.9 Å². The molecule has 0 aliphatic heterocycles. The van der Waals surface area contributed by atoms with Gasteiger partial charge in [0.15, 0.2) is 0 Å². The van der Waals surface area contributed by atoms with Crippen LogP contribution in [0.4, 0.5) is 0 Å². The zero-order valence-electron chi connectivity index (χ0n) is 16.8. The number of hydrogen-bond donors (Lipinski definition) is 2. The van der Waals surface area contributed by atoms with Crippen LogP contribution in [0.15, 0.2) is 12.2 Å². The van der Waals surface area contributed by atoms with Crippen molar-refractivity contribution in [2.45, 2.75) is 80.1 Å². The molecule has 1 aliphatic carbocycles. The molecule has 1 aliphatic rings. The third-order valence-electron chi connectivity index (χ3n) is 6.20. The Hall–Kier alpha value is -1.32. The number of hydrogen-bond acceptors (Lipinski definition) is 2. The fourth-order valence-corrected chi connectivity index (χ4v) is 4.81. The summed E-state index contributed by atoms with van der Waals surface area (Å²) >= 11 is 0. The van der Waals surface area contributed by atoms with Crippen LogP contribution in [0.25, 0.3) is 0 Å². The van der Waals surface area contributed by atoms with E-state index in [0.29, 0.717) is 31.6 Å². The van der Waals surface area contributed by atoms with Crippen LogP contribution in [0.2, 0.25) is 0 Å². The van der Waals surface area contributed by atoms with Crippen molar-refractivity contribution in [2.24, 2.45) is 28.1 Å². The van der Waals surface area contributed by atoms with Crippen LogP contribution in [-0.4, -0.2) is 22.2 Å². The van der Waals surface area contributed by atoms with E-state index in [9.17, 15) is 19.8 Å². The second-order valence-corrected chi connectivity index (χ2v) is 9.26. The van der Waals surface area contributed by atoms with Crippen LogP contribution < -0.4 is 0 Å². The number of allylic oxidation sites excluding steroid dienone is 2. The summed E-state index contributed by atoms with van der Waals surface area (Å²) in [5.41, 5.74) is -2.28. The lowest BCUT2D eigenvalue weighted by Crippen LogP contribution is -2.57. The van der Waals surface area contributed by atoms with Crippen molar-refractivity contribution < 1.29 is 19.8 Å². The van der Waals surface area contributed by atoms with E-state index in [1.54, 1.807) is 0 Å². The molecular formula is C21H36O4. The van der Waals surface area contributed by atoms with Gasteiger partial charge in [-0.05, 0) is 49.4 Å². The molecule has 0 fully saturated rings. The number of carbonyl (C=O) groups is 2. The fraction of sp³-hybridized carbons (Fsp3) is 0.810. The molecular weight excluding hydrogens is 316 g/mol. The van der Waals surface area contributed by atoms with Crippen LogP contribution in [0.5, 0.6) is 0 Å². The van der Waals surface area contributed by atoms with Crippen molar-refractivity contribution in [1.82, 2.24) is 0 Å². The lowest BCUT2D eigenvalue weighted by Gasteiger charge is -2.50. The summed E-state index contributed by atoms with van der Waals surface area (Å²) in [6.45, 7) is 12.5. The Labute approximate surface area is 152 Å². The van der Waals surface area contributed by atoms with E-state index in [1.807, 2.05) is 26.0 Å². The van der Waals surface area contributed by atoms with Gasteiger partial charge < -0.3 is 10.2 Å². The Kier molecular flexibility index (Phi) is 6.88. The van der Waals surface area contributed by atoms with E-state index in [-0.39, 0.29) is 11.3 Å². The molecule has 0 bridgehead atoms. The highest BCUT2D eigenvalue weighted by Crippen LogP contribution is 2.57. The first-order chi connectivity index (χ1) is 11.4. The standard InChI is InChI=1S/C21H36O4/c1-7-16(3)21(18(24)25)12-9-8-11-20(21,17(22)23)13-10-15(2)14-19(4,5)6/h8-9,15-16H,7,10-14H2,1-6H3,(H,22,23)(H,24,25). The Morgan fingerprint density at radius 2 is 1.64 bits per heavy atom. The number of rotatable bonds is 8. The zero-order chi connectivity index (χ0) is 19.5. The molecule has 0 spiro atoms. The van der Waals surface area contributed by atoms with E-state index in [2.05, 4.69) is 27.7 Å². The number of carboxylic acid groups (broad SMARTS) is 2. The van der Waals surface area contributed by atoms with Gasteiger partial charge in [0.05, 0.1) is 10.8 Å². The van der Waals surface area contributed by atoms with E-state index in [0.717, 1.165) is 12.8 Å². The first-order valence-corrected chi connectivity index (χ1v) is 9.54. The minimum atomic E-state index is -1.23. The highest BCUT2D eigenvalue weighted by molar-refractivity contribution is 5.87. The Morgan fingerprint density at radius 3 is 2.08 bits per heavy atom. The molecule has 4 unspecified atom stereocenters. The molecule has 0 saturated carbocycles. The van der Waals surface area contributed by atoms with Crippen LogP contribution >= 0.6 is 0 Å². The summed E-state index contributed by atoms with van der Waals surface area (Å²) in [5.74, 6) is -1.74. The summed E-state index contributed by atoms with van der Waals surface area (Å²) in [6.07, 6.45) is 7.16. The van der Waals surface area contributed by atoms with Crippen LogP contribution in [0.3, 0.4) is 0 Å². The second kappa shape index (κ2) is 7.92. The Bertz CT molecular complexity index is 516. The molecule has 0 heterocycles. The topological polar surface area (TPSA) is 74.6 Å². The summed E-state index contributed by atoms with van der Waals surface area (Å²) in [6, 6.07) is 0. The van der Waals surface area contributed by atoms with Gasteiger partial charge in [-0.3, -0.25) is 9.59 Å². The van der Waals surface area contributed by atoms with E-state index < -0.39 is 22.8 Å². The molecule has 4 nitrogen and oxygen atoms in total. The van der Waals surface area contributed by atoms with Gasteiger partial charge in [0.25, 0.3) is 0 Å². The molecule has 2 N–H and O–H groups in total. The quantitative estimate of drug-likeness (QED) is 0.575. The summed E-state index contributed by atoms with van der Waals surface area (Å²) in [5, 5.41) is 20.3. The predicted molar refractivity (Wildman–Crippen MR) is 100 cm³/mol. The average molecular weight is 353 g/mol. The van der Waals surface area contributed by atoms with Crippen molar-refractivity contribution >= 4 is 11.9 Å². The summed E-state index contributed by atoms with van der Waals surface area (Å²) in [7, 11) is 0. The van der Waals surface area contributed by atoms with Gasteiger partial charge in [0.2, 0.25) is 0 Å². The van der Waals surface area contributed by atoms with Crippen molar-refractivity contribution in [3.05, 3.63) is 12.2 Å². The molecule has 144 valence electrons. The highest BCUT2D eigenvalue weighted by Gasteiger charge is 2.62. The highest BCUT2D eigenvalue weighted by atomic mass is 16.4. The largest absolute Gasteiger partial charge is 0.481 e. The lowest BCUT2D eigenvalue weighted by atomic mass is 9.50. The summed E-state index contributed by atoms with van der Waals surface area (Å²) < 4.78 is 0. The van der Waals surface area contributed by atoms with Crippen LogP contribution in [-0.2, 0) is 9.59 Å². The van der Waals surface area contributed by atoms with Gasteiger partial charge in [0, 0.05) is 0 Å². The van der Waals surface area contributed by atoms with Gasteiger partial charge in [-0.25, -0.2) is 0 Å². The van der Waals surface area contributed by atoms with Gasteiger partial charge in [0.1, 0.15) is 0 Å². The summed E-state index contributed by atoms with van der Waals surface area (Å²) in [4.78, 5) is 24.8. The number of carboxylic acids is 2. The first kappa shape index (κ1) is 21.7. The first-order valence-electron chi connectivity index (χ1n) is 9.54. The Morgan fingerprint density at radius 1 is 1.08 bits per heavy atom. The number of aliphatic carboxylic acids is 2. The third-order valence-corrected chi connectivity index (χ3v) is 6.20. The molecule has 0 saturated heterocycles. The van der Waals surface area contributed by atoms with Gasteiger partial charge in [-0.1, -0.05) is 60.1 Å². The lowest BCUT2D eigenvalue weighted by molar-refractivity contribution is -0.183. The molecule has 0 aromatic carbocycles. The average Bonchev–Trinajstić information content (AvgIpc) is 2.50. The van der Waals surface area contributed by atoms with E-state index in [4.69, 9.17) is 0 Å². The molecule has 0 amide bonds. The predicted octanol–water partition coefficient (Wildman–Crippen LogP) is 5.38. The molecule has 0 radical (unpaired) electrons. The zero-order valence-corrected chi connectivity index (χ0v) is 16.8. The maximum absolute atomic E-state index is 12.4. The molecule has 4 heteroatoms. The SMILES string of the molecule is CCC(C)C1(C(=O)O)CC=CCC1(CCC(C)CC(C)(C)C)C(=O)O. The van der Waals surface area contributed by atoms with Crippen LogP contribution in [0.1, 0.15) is 80.1 Å². The van der Waals surface area contributed by atoms with Crippen LogP contribution in [0, 0.1) is 28.1 Å². The maximum atomic E-state index is 12.4. The molecule has 0 aromatic heterocycles. The van der Waals surface area contributed by atoms with Crippen molar-refractivity contribution in [3.63, 3.8) is 0 Å². The molecule has 4 atom stereocenters. The Balaban J connectivity index is 3.25. The monoisotopic (exact) mass is 352 g/mol. The second-order valence-electron chi connectivity index (χ2n) is 9.26. The smallest absolute Gasteiger partial charge is 0.311 e.